The molecule has 0 radical (unpaired) electrons. The lowest BCUT2D eigenvalue weighted by molar-refractivity contribution is -0.384. The van der Waals surface area contributed by atoms with E-state index in [0.29, 0.717) is 17.2 Å². The number of amides is 2. The predicted octanol–water partition coefficient (Wildman–Crippen LogP) is 2.90. The number of hydrogen-bond acceptors (Lipinski definition) is 5. The summed E-state index contributed by atoms with van der Waals surface area (Å²) in [7, 11) is 0. The molecule has 0 fully saturated rings. The molecule has 108 valence electrons. The maximum atomic E-state index is 10.9. The molecule has 0 unspecified atom stereocenters. The molecule has 0 saturated heterocycles. The van der Waals surface area contributed by atoms with E-state index in [1.807, 2.05) is 0 Å². The van der Waals surface area contributed by atoms with E-state index in [0.717, 1.165) is 0 Å². The zero-order valence-corrected chi connectivity index (χ0v) is 10.6. The third-order valence-electron chi connectivity index (χ3n) is 2.50. The van der Waals surface area contributed by atoms with Crippen molar-refractivity contribution < 1.29 is 19.7 Å². The van der Waals surface area contributed by atoms with E-state index in [4.69, 9.17) is 9.94 Å². The van der Waals surface area contributed by atoms with Gasteiger partial charge in [0.25, 0.3) is 5.69 Å². The number of anilines is 1. The Morgan fingerprint density at radius 3 is 2.05 bits per heavy atom. The minimum Gasteiger partial charge on any atom is -0.457 e. The Bertz CT molecular complexity index is 640. The Morgan fingerprint density at radius 2 is 1.57 bits per heavy atom. The van der Waals surface area contributed by atoms with Crippen LogP contribution >= 0.6 is 0 Å². The lowest BCUT2D eigenvalue weighted by atomic mass is 10.3. The first kappa shape index (κ1) is 14.3. The van der Waals surface area contributed by atoms with Crippen LogP contribution in [0.4, 0.5) is 16.2 Å². The van der Waals surface area contributed by atoms with Gasteiger partial charge in [0.1, 0.15) is 11.5 Å². The molecular weight excluding hydrogens is 278 g/mol. The largest absolute Gasteiger partial charge is 0.457 e. The van der Waals surface area contributed by atoms with Gasteiger partial charge in [-0.3, -0.25) is 15.3 Å². The molecule has 0 heterocycles. The zero-order chi connectivity index (χ0) is 15.2. The molecule has 2 aromatic rings. The number of hydrogen-bond donors (Lipinski definition) is 3. The molecule has 0 aliphatic heterocycles. The van der Waals surface area contributed by atoms with Gasteiger partial charge >= 0.3 is 6.03 Å². The van der Waals surface area contributed by atoms with Crippen molar-refractivity contribution in [2.45, 2.75) is 0 Å². The molecule has 0 aromatic heterocycles. The number of nitrogens with zero attached hydrogens (tertiary/aromatic N) is 1. The number of nitro benzene ring substituents is 1. The molecule has 0 bridgehead atoms. The van der Waals surface area contributed by atoms with Gasteiger partial charge in [0, 0.05) is 17.8 Å². The van der Waals surface area contributed by atoms with E-state index in [1.165, 1.54) is 29.7 Å². The van der Waals surface area contributed by atoms with Crippen LogP contribution in [0, 0.1) is 10.1 Å². The highest BCUT2D eigenvalue weighted by Gasteiger charge is 2.05. The lowest BCUT2D eigenvalue weighted by Crippen LogP contribution is -2.24. The summed E-state index contributed by atoms with van der Waals surface area (Å²) in [5.74, 6) is 0.952. The number of nitrogens with one attached hydrogen (secondary N) is 2. The summed E-state index contributed by atoms with van der Waals surface area (Å²) in [6.45, 7) is 0. The van der Waals surface area contributed by atoms with Gasteiger partial charge in [-0.25, -0.2) is 10.3 Å². The van der Waals surface area contributed by atoms with Crippen molar-refractivity contribution in [3.05, 3.63) is 58.6 Å². The van der Waals surface area contributed by atoms with E-state index in [9.17, 15) is 14.9 Å². The van der Waals surface area contributed by atoms with Crippen LogP contribution in [0.25, 0.3) is 0 Å². The molecule has 2 rings (SSSR count). The van der Waals surface area contributed by atoms with E-state index in [1.54, 1.807) is 24.3 Å². The average molecular weight is 289 g/mol. The zero-order valence-electron chi connectivity index (χ0n) is 10.6. The molecule has 21 heavy (non-hydrogen) atoms. The summed E-state index contributed by atoms with van der Waals surface area (Å²) in [5.41, 5.74) is 1.90. The lowest BCUT2D eigenvalue weighted by Gasteiger charge is -2.07. The van der Waals surface area contributed by atoms with Crippen molar-refractivity contribution in [3.8, 4) is 11.5 Å². The van der Waals surface area contributed by atoms with Gasteiger partial charge in [0.05, 0.1) is 4.92 Å². The second-order valence-electron chi connectivity index (χ2n) is 3.94. The van der Waals surface area contributed by atoms with Crippen LogP contribution in [0.5, 0.6) is 11.5 Å². The third-order valence-corrected chi connectivity index (χ3v) is 2.50. The van der Waals surface area contributed by atoms with Crippen LogP contribution in [0.1, 0.15) is 0 Å². The first-order valence-electron chi connectivity index (χ1n) is 5.82. The van der Waals surface area contributed by atoms with Crippen LogP contribution < -0.4 is 15.5 Å². The minimum atomic E-state index is -0.751. The second kappa shape index (κ2) is 6.35. The maximum Gasteiger partial charge on any atom is 0.342 e. The molecule has 2 amide bonds. The fraction of sp³-hybridized carbons (Fsp3) is 0. The third kappa shape index (κ3) is 3.91. The highest BCUT2D eigenvalue weighted by molar-refractivity contribution is 5.88. The number of ether oxygens (including phenoxy) is 1. The van der Waals surface area contributed by atoms with Gasteiger partial charge in [-0.15, -0.1) is 0 Å². The number of benzene rings is 2. The molecule has 8 nitrogen and oxygen atoms in total. The molecule has 8 heteroatoms. The van der Waals surface area contributed by atoms with Crippen LogP contribution in [0.15, 0.2) is 48.5 Å². The number of carbonyl (C=O) groups excluding carboxylic acids is 1. The summed E-state index contributed by atoms with van der Waals surface area (Å²) in [4.78, 5) is 20.9. The number of rotatable bonds is 4. The van der Waals surface area contributed by atoms with Crippen molar-refractivity contribution in [1.82, 2.24) is 5.48 Å². The number of nitro groups is 1. The molecular formula is C13H11N3O5. The highest BCUT2D eigenvalue weighted by atomic mass is 16.6. The van der Waals surface area contributed by atoms with Gasteiger partial charge in [0.2, 0.25) is 0 Å². The molecule has 0 saturated carbocycles. The van der Waals surface area contributed by atoms with Crippen molar-refractivity contribution in [1.29, 1.82) is 0 Å². The molecule has 2 aromatic carbocycles. The number of carbonyl (C=O) groups is 1. The van der Waals surface area contributed by atoms with Crippen LogP contribution in [0.2, 0.25) is 0 Å². The fourth-order valence-corrected chi connectivity index (χ4v) is 1.54. The molecule has 3 N–H and O–H groups in total. The maximum absolute atomic E-state index is 10.9. The fourth-order valence-electron chi connectivity index (χ4n) is 1.54. The Balaban J connectivity index is 2.02. The number of non-ortho nitro benzene ring substituents is 1. The minimum absolute atomic E-state index is 0.0167. The van der Waals surface area contributed by atoms with Gasteiger partial charge in [-0.1, -0.05) is 0 Å². The van der Waals surface area contributed by atoms with E-state index < -0.39 is 11.0 Å². The molecule has 0 spiro atoms. The van der Waals surface area contributed by atoms with Crippen LogP contribution in [-0.4, -0.2) is 16.2 Å². The van der Waals surface area contributed by atoms with Crippen molar-refractivity contribution >= 4 is 17.4 Å². The predicted molar refractivity (Wildman–Crippen MR) is 73.6 cm³/mol. The topological polar surface area (TPSA) is 114 Å². The summed E-state index contributed by atoms with van der Waals surface area (Å²) in [6, 6.07) is 11.3. The van der Waals surface area contributed by atoms with E-state index >= 15 is 0 Å². The van der Waals surface area contributed by atoms with Crippen LogP contribution in [-0.2, 0) is 0 Å². The van der Waals surface area contributed by atoms with Crippen molar-refractivity contribution in [3.63, 3.8) is 0 Å². The molecule has 0 aliphatic carbocycles. The summed E-state index contributed by atoms with van der Waals surface area (Å²) in [5, 5.41) is 21.3. The second-order valence-corrected chi connectivity index (χ2v) is 3.94. The van der Waals surface area contributed by atoms with Crippen LogP contribution in [0.3, 0.4) is 0 Å². The Kier molecular flexibility index (Phi) is 4.32. The van der Waals surface area contributed by atoms with Crippen molar-refractivity contribution in [2.24, 2.45) is 0 Å². The summed E-state index contributed by atoms with van der Waals surface area (Å²) >= 11 is 0. The standard InChI is InChI=1S/C13H11N3O5/c17-13(15-18)14-9-1-5-11(6-2-9)21-12-7-3-10(4-8-12)16(19)20/h1-8,18H,(H2,14,15,17). The Morgan fingerprint density at radius 1 is 1.05 bits per heavy atom. The van der Waals surface area contributed by atoms with E-state index in [2.05, 4.69) is 5.32 Å². The van der Waals surface area contributed by atoms with Gasteiger partial charge in [-0.05, 0) is 36.4 Å². The number of hydroxylamine groups is 1. The van der Waals surface area contributed by atoms with Gasteiger partial charge in [-0.2, -0.15) is 0 Å². The summed E-state index contributed by atoms with van der Waals surface area (Å²) < 4.78 is 5.50. The van der Waals surface area contributed by atoms with Crippen molar-refractivity contribution in [2.75, 3.05) is 5.32 Å². The first-order valence-corrected chi connectivity index (χ1v) is 5.82. The summed E-state index contributed by atoms with van der Waals surface area (Å²) in [6.07, 6.45) is 0. The average Bonchev–Trinajstić information content (AvgIpc) is 2.49. The first-order chi connectivity index (χ1) is 10.1. The Hall–Kier alpha value is -3.13. The molecule has 0 aliphatic rings. The van der Waals surface area contributed by atoms with Gasteiger partial charge < -0.3 is 10.1 Å². The normalized spacial score (nSPS) is 9.76. The quantitative estimate of drug-likeness (QED) is 0.455. The SMILES string of the molecule is O=C(NO)Nc1ccc(Oc2ccc([N+](=O)[O-])cc2)cc1. The number of urea groups is 1. The van der Waals surface area contributed by atoms with Gasteiger partial charge in [0.15, 0.2) is 0 Å². The highest BCUT2D eigenvalue weighted by Crippen LogP contribution is 2.24. The smallest absolute Gasteiger partial charge is 0.342 e. The molecule has 0 atom stereocenters. The monoisotopic (exact) mass is 289 g/mol. The Labute approximate surface area is 119 Å². The van der Waals surface area contributed by atoms with E-state index in [-0.39, 0.29) is 5.69 Å².